The van der Waals surface area contributed by atoms with Crippen LogP contribution >= 0.6 is 0 Å². The van der Waals surface area contributed by atoms with E-state index in [2.05, 4.69) is 4.99 Å². The van der Waals surface area contributed by atoms with Crippen molar-refractivity contribution in [1.29, 1.82) is 0 Å². The normalized spacial score (nSPS) is 17.6. The van der Waals surface area contributed by atoms with Crippen molar-refractivity contribution >= 4 is 6.08 Å². The molecule has 3 heteroatoms. The molecule has 0 spiro atoms. The van der Waals surface area contributed by atoms with E-state index in [0.29, 0.717) is 0 Å². The summed E-state index contributed by atoms with van der Waals surface area (Å²) in [5.74, 6) is -0.269. The van der Waals surface area contributed by atoms with E-state index >= 15 is 0 Å². The second-order valence-electron chi connectivity index (χ2n) is 3.24. The van der Waals surface area contributed by atoms with E-state index in [1.54, 1.807) is 18.2 Å². The molecule has 1 fully saturated rings. The predicted molar refractivity (Wildman–Crippen MR) is 45.4 cm³/mol. The first-order chi connectivity index (χ1) is 6.27. The lowest BCUT2D eigenvalue weighted by Crippen LogP contribution is -2.01. The van der Waals surface area contributed by atoms with Crippen LogP contribution in [0.4, 0.5) is 4.39 Å². The van der Waals surface area contributed by atoms with Crippen LogP contribution in [0.1, 0.15) is 18.4 Å². The van der Waals surface area contributed by atoms with Crippen LogP contribution in [0.25, 0.3) is 0 Å². The van der Waals surface area contributed by atoms with Crippen LogP contribution in [0.3, 0.4) is 0 Å². The Hall–Kier alpha value is -1.47. The average Bonchev–Trinajstić information content (AvgIpc) is 2.87. The molecule has 0 radical (unpaired) electrons. The second kappa shape index (κ2) is 2.79. The molecule has 0 atom stereocenters. The highest BCUT2D eigenvalue weighted by Gasteiger charge is 2.44. The molecule has 0 saturated heterocycles. The molecule has 0 unspecified atom stereocenters. The highest BCUT2D eigenvalue weighted by atomic mass is 19.1. The number of rotatable bonds is 2. The van der Waals surface area contributed by atoms with E-state index in [1.165, 1.54) is 12.1 Å². The van der Waals surface area contributed by atoms with Crippen LogP contribution in [0.2, 0.25) is 0 Å². The van der Waals surface area contributed by atoms with Gasteiger partial charge in [0.25, 0.3) is 0 Å². The van der Waals surface area contributed by atoms with Gasteiger partial charge in [-0.1, -0.05) is 12.1 Å². The van der Waals surface area contributed by atoms with Crippen molar-refractivity contribution in [3.63, 3.8) is 0 Å². The molecule has 2 nitrogen and oxygen atoms in total. The Morgan fingerprint density at radius 2 is 1.92 bits per heavy atom. The number of hydrogen-bond acceptors (Lipinski definition) is 2. The van der Waals surface area contributed by atoms with E-state index in [0.717, 1.165) is 18.4 Å². The molecule has 1 saturated carbocycles. The van der Waals surface area contributed by atoms with Gasteiger partial charge in [0, 0.05) is 0 Å². The summed E-state index contributed by atoms with van der Waals surface area (Å²) in [6.45, 7) is 0. The molecule has 13 heavy (non-hydrogen) atoms. The maximum atomic E-state index is 12.6. The minimum atomic E-state index is -0.380. The summed E-state index contributed by atoms with van der Waals surface area (Å²) in [4.78, 5) is 13.9. The third-order valence-electron chi connectivity index (χ3n) is 2.36. The van der Waals surface area contributed by atoms with Crippen molar-refractivity contribution in [2.24, 2.45) is 4.99 Å². The maximum absolute atomic E-state index is 12.6. The molecular weight excluding hydrogens is 169 g/mol. The van der Waals surface area contributed by atoms with Gasteiger partial charge in [0.15, 0.2) is 0 Å². The minimum absolute atomic E-state index is 0.269. The summed E-state index contributed by atoms with van der Waals surface area (Å²) in [5.41, 5.74) is 0.521. The third-order valence-corrected chi connectivity index (χ3v) is 2.36. The molecule has 2 rings (SSSR count). The number of isocyanates is 1. The fourth-order valence-electron chi connectivity index (χ4n) is 1.43. The fourth-order valence-corrected chi connectivity index (χ4v) is 1.43. The quantitative estimate of drug-likeness (QED) is 0.502. The van der Waals surface area contributed by atoms with Crippen LogP contribution in [-0.2, 0) is 10.3 Å². The first kappa shape index (κ1) is 8.14. The standard InChI is InChI=1S/C10H8FNO/c11-9-3-1-8(2-4-9)10(5-6-10)12-7-13/h1-4H,5-6H2. The van der Waals surface area contributed by atoms with Crippen LogP contribution in [0.15, 0.2) is 29.3 Å². The minimum Gasteiger partial charge on any atom is -0.211 e. The van der Waals surface area contributed by atoms with Crippen molar-refractivity contribution < 1.29 is 9.18 Å². The van der Waals surface area contributed by atoms with E-state index in [4.69, 9.17) is 0 Å². The highest BCUT2D eigenvalue weighted by Crippen LogP contribution is 2.48. The zero-order chi connectivity index (χ0) is 9.31. The topological polar surface area (TPSA) is 29.4 Å². The first-order valence-electron chi connectivity index (χ1n) is 4.12. The van der Waals surface area contributed by atoms with E-state index in [-0.39, 0.29) is 11.4 Å². The number of nitrogens with zero attached hydrogens (tertiary/aromatic N) is 1. The van der Waals surface area contributed by atoms with Crippen molar-refractivity contribution in [1.82, 2.24) is 0 Å². The Morgan fingerprint density at radius 1 is 1.31 bits per heavy atom. The van der Waals surface area contributed by atoms with Crippen LogP contribution in [0.5, 0.6) is 0 Å². The second-order valence-corrected chi connectivity index (χ2v) is 3.24. The zero-order valence-electron chi connectivity index (χ0n) is 6.96. The van der Waals surface area contributed by atoms with Gasteiger partial charge in [-0.3, -0.25) is 0 Å². The van der Waals surface area contributed by atoms with Crippen LogP contribution in [0, 0.1) is 5.82 Å². The van der Waals surface area contributed by atoms with Crippen molar-refractivity contribution in [2.75, 3.05) is 0 Å². The fraction of sp³-hybridized carbons (Fsp3) is 0.300. The lowest BCUT2D eigenvalue weighted by atomic mass is 10.1. The van der Waals surface area contributed by atoms with Crippen molar-refractivity contribution in [2.45, 2.75) is 18.4 Å². The number of benzene rings is 1. The molecule has 1 aromatic carbocycles. The number of halogens is 1. The molecule has 0 aliphatic heterocycles. The molecule has 0 amide bonds. The monoisotopic (exact) mass is 177 g/mol. The maximum Gasteiger partial charge on any atom is 0.235 e. The smallest absolute Gasteiger partial charge is 0.211 e. The van der Waals surface area contributed by atoms with Gasteiger partial charge in [0.1, 0.15) is 5.82 Å². The molecule has 1 aromatic rings. The van der Waals surface area contributed by atoms with E-state index < -0.39 is 0 Å². The Labute approximate surface area is 75.1 Å². The number of aliphatic imine (C=N–C) groups is 1. The summed E-state index contributed by atoms with van der Waals surface area (Å²) in [6.07, 6.45) is 3.27. The van der Waals surface area contributed by atoms with Gasteiger partial charge in [0.2, 0.25) is 6.08 Å². The Kier molecular flexibility index (Phi) is 1.74. The highest BCUT2D eigenvalue weighted by molar-refractivity contribution is 5.41. The molecule has 0 bridgehead atoms. The van der Waals surface area contributed by atoms with Crippen LogP contribution < -0.4 is 0 Å². The molecule has 0 N–H and O–H groups in total. The van der Waals surface area contributed by atoms with Gasteiger partial charge in [-0.2, -0.15) is 4.99 Å². The zero-order valence-corrected chi connectivity index (χ0v) is 6.96. The summed E-state index contributed by atoms with van der Waals surface area (Å²) in [7, 11) is 0. The largest absolute Gasteiger partial charge is 0.235 e. The Bertz CT molecular complexity index is 361. The van der Waals surface area contributed by atoms with Gasteiger partial charge in [-0.25, -0.2) is 9.18 Å². The molecule has 1 aliphatic carbocycles. The Morgan fingerprint density at radius 3 is 2.38 bits per heavy atom. The van der Waals surface area contributed by atoms with Crippen LogP contribution in [-0.4, -0.2) is 6.08 Å². The average molecular weight is 177 g/mol. The molecule has 66 valence electrons. The number of carbonyl (C=O) groups excluding carboxylic acids is 1. The summed E-state index contributed by atoms with van der Waals surface area (Å²) < 4.78 is 12.6. The molecule has 0 heterocycles. The molecular formula is C10H8FNO. The molecule has 1 aliphatic rings. The SMILES string of the molecule is O=C=NC1(c2ccc(F)cc2)CC1. The Balaban J connectivity index is 2.35. The lowest BCUT2D eigenvalue weighted by Gasteiger charge is -2.06. The summed E-state index contributed by atoms with van der Waals surface area (Å²) in [6, 6.07) is 6.11. The van der Waals surface area contributed by atoms with Gasteiger partial charge >= 0.3 is 0 Å². The summed E-state index contributed by atoms with van der Waals surface area (Å²) >= 11 is 0. The predicted octanol–water partition coefficient (Wildman–Crippen LogP) is 2.15. The lowest BCUT2D eigenvalue weighted by molar-refractivity contribution is 0.556. The van der Waals surface area contributed by atoms with Gasteiger partial charge < -0.3 is 0 Å². The molecule has 0 aromatic heterocycles. The number of hydrogen-bond donors (Lipinski definition) is 0. The van der Waals surface area contributed by atoms with E-state index in [9.17, 15) is 9.18 Å². The van der Waals surface area contributed by atoms with Gasteiger partial charge in [0.05, 0.1) is 5.54 Å². The van der Waals surface area contributed by atoms with Crippen molar-refractivity contribution in [3.05, 3.63) is 35.6 Å². The first-order valence-corrected chi connectivity index (χ1v) is 4.12. The summed E-state index contributed by atoms with van der Waals surface area (Å²) in [5, 5.41) is 0. The van der Waals surface area contributed by atoms with Crippen molar-refractivity contribution in [3.8, 4) is 0 Å². The van der Waals surface area contributed by atoms with E-state index in [1.807, 2.05) is 0 Å². The van der Waals surface area contributed by atoms with Gasteiger partial charge in [-0.05, 0) is 30.5 Å². The third kappa shape index (κ3) is 1.38. The van der Waals surface area contributed by atoms with Gasteiger partial charge in [-0.15, -0.1) is 0 Å².